The van der Waals surface area contributed by atoms with Gasteiger partial charge in [-0.15, -0.1) is 0 Å². The molecule has 4 nitrogen and oxygen atoms in total. The average molecular weight is 342 g/mol. The van der Waals surface area contributed by atoms with Crippen LogP contribution >= 0.6 is 0 Å². The summed E-state index contributed by atoms with van der Waals surface area (Å²) in [6.45, 7) is 8.83. The maximum Gasteiger partial charge on any atom is 0.291 e. The molecule has 1 aliphatic rings. The van der Waals surface area contributed by atoms with Crippen LogP contribution in [0.15, 0.2) is 37.0 Å². The topological polar surface area (TPSA) is 49.4 Å². The van der Waals surface area contributed by atoms with Crippen molar-refractivity contribution in [1.82, 2.24) is 10.2 Å². The Bertz CT molecular complexity index is 572. The molecule has 1 heterocycles. The molecule has 0 bridgehead atoms. The summed E-state index contributed by atoms with van der Waals surface area (Å²) in [6, 6.07) is 8.93. The van der Waals surface area contributed by atoms with Gasteiger partial charge >= 0.3 is 0 Å². The van der Waals surface area contributed by atoms with Gasteiger partial charge < -0.3 is 5.32 Å². The van der Waals surface area contributed by atoms with Crippen LogP contribution in [-0.4, -0.2) is 29.7 Å². The van der Waals surface area contributed by atoms with E-state index < -0.39 is 5.91 Å². The number of carbonyl (C=O) groups is 2. The van der Waals surface area contributed by atoms with E-state index in [2.05, 4.69) is 48.0 Å². The standard InChI is InChI=1S/C21H30N2O2/c1-3-17-8-10-19(11-9-17)16-23-14-12-18(13-15-23)6-5-7-20(24)21(25)22-4-2/h4,8-11,18H,2-3,5-7,12-16H2,1H3,(H,22,25). The fourth-order valence-electron chi connectivity index (χ4n) is 3.41. The lowest BCUT2D eigenvalue weighted by Crippen LogP contribution is -2.33. The molecule has 1 aromatic rings. The second-order valence-electron chi connectivity index (χ2n) is 6.88. The van der Waals surface area contributed by atoms with Crippen LogP contribution in [0.4, 0.5) is 0 Å². The van der Waals surface area contributed by atoms with Gasteiger partial charge in [-0.1, -0.05) is 37.8 Å². The molecule has 0 unspecified atom stereocenters. The largest absolute Gasteiger partial charge is 0.327 e. The minimum Gasteiger partial charge on any atom is -0.327 e. The third kappa shape index (κ3) is 6.46. The van der Waals surface area contributed by atoms with Gasteiger partial charge in [0.2, 0.25) is 5.78 Å². The van der Waals surface area contributed by atoms with Gasteiger partial charge in [0.25, 0.3) is 5.91 Å². The van der Waals surface area contributed by atoms with Crippen LogP contribution < -0.4 is 5.32 Å². The lowest BCUT2D eigenvalue weighted by Gasteiger charge is -2.32. The van der Waals surface area contributed by atoms with Gasteiger partial charge in [-0.25, -0.2) is 0 Å². The maximum absolute atomic E-state index is 11.6. The van der Waals surface area contributed by atoms with Crippen molar-refractivity contribution in [2.45, 2.75) is 52.0 Å². The Balaban J connectivity index is 1.64. The molecule has 1 saturated heterocycles. The van der Waals surface area contributed by atoms with Crippen molar-refractivity contribution in [3.63, 3.8) is 0 Å². The van der Waals surface area contributed by atoms with E-state index in [4.69, 9.17) is 0 Å². The Labute approximate surface area is 151 Å². The van der Waals surface area contributed by atoms with E-state index in [0.29, 0.717) is 12.3 Å². The molecule has 0 aliphatic carbocycles. The van der Waals surface area contributed by atoms with Gasteiger partial charge in [0, 0.05) is 13.0 Å². The first-order valence-corrected chi connectivity index (χ1v) is 9.37. The summed E-state index contributed by atoms with van der Waals surface area (Å²) in [5, 5.41) is 2.34. The molecule has 0 spiro atoms. The smallest absolute Gasteiger partial charge is 0.291 e. The molecule has 136 valence electrons. The highest BCUT2D eigenvalue weighted by Crippen LogP contribution is 2.23. The molecule has 0 atom stereocenters. The maximum atomic E-state index is 11.6. The van der Waals surface area contributed by atoms with E-state index in [1.807, 2.05) is 0 Å². The molecule has 1 aromatic carbocycles. The van der Waals surface area contributed by atoms with Crippen molar-refractivity contribution in [3.8, 4) is 0 Å². The van der Waals surface area contributed by atoms with Crippen LogP contribution in [0.1, 0.15) is 50.2 Å². The second kappa shape index (κ2) is 10.1. The zero-order valence-electron chi connectivity index (χ0n) is 15.3. The fourth-order valence-corrected chi connectivity index (χ4v) is 3.41. The fraction of sp³-hybridized carbons (Fsp3) is 0.524. The number of ketones is 1. The first kappa shape index (κ1) is 19.4. The molecule has 0 saturated carbocycles. The number of likely N-dealkylation sites (tertiary alicyclic amines) is 1. The van der Waals surface area contributed by atoms with Crippen molar-refractivity contribution < 1.29 is 9.59 Å². The van der Waals surface area contributed by atoms with E-state index in [-0.39, 0.29) is 5.78 Å². The Hall–Kier alpha value is -1.94. The van der Waals surface area contributed by atoms with Crippen molar-refractivity contribution >= 4 is 11.7 Å². The summed E-state index contributed by atoms with van der Waals surface area (Å²) in [6.07, 6.45) is 6.87. The number of hydrogen-bond donors (Lipinski definition) is 1. The zero-order chi connectivity index (χ0) is 18.1. The van der Waals surface area contributed by atoms with Crippen molar-refractivity contribution in [1.29, 1.82) is 0 Å². The van der Waals surface area contributed by atoms with Crippen molar-refractivity contribution in [2.24, 2.45) is 5.92 Å². The van der Waals surface area contributed by atoms with Gasteiger partial charge in [0.15, 0.2) is 0 Å². The number of amides is 1. The highest BCUT2D eigenvalue weighted by Gasteiger charge is 2.20. The second-order valence-corrected chi connectivity index (χ2v) is 6.88. The average Bonchev–Trinajstić information content (AvgIpc) is 2.64. The quantitative estimate of drug-likeness (QED) is 0.699. The summed E-state index contributed by atoms with van der Waals surface area (Å²) < 4.78 is 0. The Morgan fingerprint density at radius 2 is 1.84 bits per heavy atom. The predicted octanol–water partition coefficient (Wildman–Crippen LogP) is 3.46. The first-order valence-electron chi connectivity index (χ1n) is 9.37. The number of rotatable bonds is 9. The van der Waals surface area contributed by atoms with E-state index >= 15 is 0 Å². The first-order chi connectivity index (χ1) is 12.1. The number of nitrogens with zero attached hydrogens (tertiary/aromatic N) is 1. The van der Waals surface area contributed by atoms with Crippen LogP contribution in [0.3, 0.4) is 0 Å². The molecule has 1 N–H and O–H groups in total. The monoisotopic (exact) mass is 342 g/mol. The highest BCUT2D eigenvalue weighted by molar-refractivity contribution is 6.36. The van der Waals surface area contributed by atoms with E-state index in [1.165, 1.54) is 30.2 Å². The number of aryl methyl sites for hydroxylation is 1. The minimum absolute atomic E-state index is 0.337. The summed E-state index contributed by atoms with van der Waals surface area (Å²) in [5.41, 5.74) is 2.77. The molecule has 1 fully saturated rings. The molecule has 4 heteroatoms. The lowest BCUT2D eigenvalue weighted by molar-refractivity contribution is -0.137. The predicted molar refractivity (Wildman–Crippen MR) is 101 cm³/mol. The van der Waals surface area contributed by atoms with Crippen LogP contribution in [0.2, 0.25) is 0 Å². The van der Waals surface area contributed by atoms with E-state index in [9.17, 15) is 9.59 Å². The molecule has 0 radical (unpaired) electrons. The molecular formula is C21H30N2O2. The summed E-state index contributed by atoms with van der Waals surface area (Å²) >= 11 is 0. The summed E-state index contributed by atoms with van der Waals surface area (Å²) in [4.78, 5) is 25.5. The number of hydrogen-bond acceptors (Lipinski definition) is 3. The Kier molecular flexibility index (Phi) is 7.86. The van der Waals surface area contributed by atoms with Crippen molar-refractivity contribution in [2.75, 3.05) is 13.1 Å². The summed E-state index contributed by atoms with van der Waals surface area (Å²) in [5.74, 6) is -0.208. The Morgan fingerprint density at radius 3 is 2.44 bits per heavy atom. The normalized spacial score (nSPS) is 15.7. The lowest BCUT2D eigenvalue weighted by atomic mass is 9.91. The van der Waals surface area contributed by atoms with Crippen LogP contribution in [0, 0.1) is 5.92 Å². The van der Waals surface area contributed by atoms with Crippen LogP contribution in [-0.2, 0) is 22.6 Å². The molecule has 1 amide bonds. The van der Waals surface area contributed by atoms with Gasteiger partial charge in [0.05, 0.1) is 0 Å². The number of nitrogens with one attached hydrogen (secondary N) is 1. The van der Waals surface area contributed by atoms with Gasteiger partial charge in [-0.3, -0.25) is 14.5 Å². The van der Waals surface area contributed by atoms with Crippen molar-refractivity contribution in [3.05, 3.63) is 48.2 Å². The van der Waals surface area contributed by atoms with E-state index in [0.717, 1.165) is 38.9 Å². The number of piperidine rings is 1. The van der Waals surface area contributed by atoms with Crippen LogP contribution in [0.5, 0.6) is 0 Å². The molecule has 0 aromatic heterocycles. The van der Waals surface area contributed by atoms with Crippen LogP contribution in [0.25, 0.3) is 0 Å². The number of carbonyl (C=O) groups excluding carboxylic acids is 2. The SMILES string of the molecule is C=CNC(=O)C(=O)CCCC1CCN(Cc2ccc(CC)cc2)CC1. The number of benzene rings is 1. The zero-order valence-corrected chi connectivity index (χ0v) is 15.3. The van der Waals surface area contributed by atoms with Gasteiger partial charge in [0.1, 0.15) is 0 Å². The van der Waals surface area contributed by atoms with Gasteiger partial charge in [-0.05, 0) is 68.4 Å². The summed E-state index contributed by atoms with van der Waals surface area (Å²) in [7, 11) is 0. The third-order valence-electron chi connectivity index (χ3n) is 5.05. The highest BCUT2D eigenvalue weighted by atomic mass is 16.2. The Morgan fingerprint density at radius 1 is 1.20 bits per heavy atom. The number of Topliss-reactive ketones (excluding diaryl/α,β-unsaturated/α-hetero) is 1. The van der Waals surface area contributed by atoms with E-state index in [1.54, 1.807) is 0 Å². The molecular weight excluding hydrogens is 312 g/mol. The third-order valence-corrected chi connectivity index (χ3v) is 5.05. The minimum atomic E-state index is -0.543. The van der Waals surface area contributed by atoms with Gasteiger partial charge in [-0.2, -0.15) is 0 Å². The molecule has 25 heavy (non-hydrogen) atoms. The molecule has 2 rings (SSSR count). The molecule has 1 aliphatic heterocycles.